The minimum Gasteiger partial charge on any atom is -0.385 e. The number of methoxy groups -OCH3 is 1. The Bertz CT molecular complexity index is 586. The van der Waals surface area contributed by atoms with Crippen LogP contribution >= 0.6 is 0 Å². The summed E-state index contributed by atoms with van der Waals surface area (Å²) in [6, 6.07) is 8.80. The average Bonchev–Trinajstić information content (AvgIpc) is 2.73. The highest BCUT2D eigenvalue weighted by atomic mass is 16.5. The normalized spacial score (nSPS) is 16.0. The molecule has 0 spiro atoms. The number of rotatable bonds is 10. The number of benzene rings is 1. The van der Waals surface area contributed by atoms with E-state index in [1.54, 1.807) is 7.11 Å². The summed E-state index contributed by atoms with van der Waals surface area (Å²) >= 11 is 0. The summed E-state index contributed by atoms with van der Waals surface area (Å²) in [6.45, 7) is 8.54. The molecule has 1 saturated heterocycles. The van der Waals surface area contributed by atoms with E-state index in [1.165, 1.54) is 11.1 Å². The Hall–Kier alpha value is -1.63. The molecule has 0 radical (unpaired) electrons. The van der Waals surface area contributed by atoms with Crippen LogP contribution in [-0.2, 0) is 22.6 Å². The van der Waals surface area contributed by atoms with E-state index in [0.717, 1.165) is 71.2 Å². The molecule has 0 unspecified atom stereocenters. The van der Waals surface area contributed by atoms with Gasteiger partial charge in [-0.25, -0.2) is 0 Å². The highest BCUT2D eigenvalue weighted by molar-refractivity contribution is 5.79. The number of likely N-dealkylation sites (tertiary alicyclic amines) is 1. The van der Waals surface area contributed by atoms with Gasteiger partial charge < -0.3 is 24.6 Å². The van der Waals surface area contributed by atoms with Gasteiger partial charge in [-0.1, -0.05) is 31.2 Å². The number of hydrogen-bond donors (Lipinski definition) is 1. The molecule has 1 aliphatic rings. The summed E-state index contributed by atoms with van der Waals surface area (Å²) in [6.07, 6.45) is 3.42. The van der Waals surface area contributed by atoms with Crippen LogP contribution in [0, 0.1) is 0 Å². The molecule has 158 valence electrons. The fraction of sp³-hybridized carbons (Fsp3) is 0.682. The largest absolute Gasteiger partial charge is 0.385 e. The number of guanidine groups is 1. The molecule has 0 aliphatic carbocycles. The number of aliphatic imine (C=N–C) groups is 1. The van der Waals surface area contributed by atoms with Crippen LogP contribution in [0.25, 0.3) is 0 Å². The fourth-order valence-electron chi connectivity index (χ4n) is 3.46. The van der Waals surface area contributed by atoms with E-state index in [1.807, 2.05) is 7.05 Å². The number of nitrogens with zero attached hydrogens (tertiary/aromatic N) is 3. The second-order valence-corrected chi connectivity index (χ2v) is 7.45. The van der Waals surface area contributed by atoms with Gasteiger partial charge in [0.15, 0.2) is 5.96 Å². The van der Waals surface area contributed by atoms with E-state index in [-0.39, 0.29) is 0 Å². The lowest BCUT2D eigenvalue weighted by molar-refractivity contribution is 0.00989. The van der Waals surface area contributed by atoms with Crippen molar-refractivity contribution in [3.8, 4) is 0 Å². The Morgan fingerprint density at radius 2 is 2.00 bits per heavy atom. The highest BCUT2D eigenvalue weighted by Crippen LogP contribution is 2.14. The van der Waals surface area contributed by atoms with Crippen molar-refractivity contribution in [2.45, 2.75) is 45.4 Å². The smallest absolute Gasteiger partial charge is 0.193 e. The van der Waals surface area contributed by atoms with Crippen molar-refractivity contribution in [1.29, 1.82) is 0 Å². The molecule has 1 N–H and O–H groups in total. The third-order valence-corrected chi connectivity index (χ3v) is 5.23. The van der Waals surface area contributed by atoms with Crippen LogP contribution in [0.5, 0.6) is 0 Å². The Labute approximate surface area is 170 Å². The third kappa shape index (κ3) is 7.78. The van der Waals surface area contributed by atoms with Crippen molar-refractivity contribution in [2.75, 3.05) is 54.1 Å². The van der Waals surface area contributed by atoms with Crippen LogP contribution < -0.4 is 5.32 Å². The Balaban J connectivity index is 1.77. The fourth-order valence-corrected chi connectivity index (χ4v) is 3.46. The van der Waals surface area contributed by atoms with Crippen molar-refractivity contribution in [3.05, 3.63) is 35.4 Å². The van der Waals surface area contributed by atoms with E-state index in [9.17, 15) is 0 Å². The molecule has 0 saturated carbocycles. The van der Waals surface area contributed by atoms with Crippen molar-refractivity contribution in [2.24, 2.45) is 4.99 Å². The van der Waals surface area contributed by atoms with Crippen LogP contribution in [0.4, 0.5) is 0 Å². The Morgan fingerprint density at radius 3 is 2.68 bits per heavy atom. The summed E-state index contributed by atoms with van der Waals surface area (Å²) in [4.78, 5) is 9.14. The number of hydrogen-bond acceptors (Lipinski definition) is 4. The molecular weight excluding hydrogens is 352 g/mol. The summed E-state index contributed by atoms with van der Waals surface area (Å²) in [5.74, 6) is 0.980. The highest BCUT2D eigenvalue weighted by Gasteiger charge is 2.21. The second kappa shape index (κ2) is 12.8. The van der Waals surface area contributed by atoms with Crippen LogP contribution in [-0.4, -0.2) is 75.9 Å². The van der Waals surface area contributed by atoms with Gasteiger partial charge in [0, 0.05) is 53.6 Å². The molecule has 1 heterocycles. The quantitative estimate of drug-likeness (QED) is 0.378. The lowest BCUT2D eigenvalue weighted by Crippen LogP contribution is -2.46. The topological polar surface area (TPSA) is 49.3 Å². The lowest BCUT2D eigenvalue weighted by atomic mass is 10.1. The molecule has 1 aromatic carbocycles. The molecule has 2 rings (SSSR count). The van der Waals surface area contributed by atoms with E-state index in [2.05, 4.69) is 58.3 Å². The SMILES string of the molecule is CCN(C)Cc1cccc(CNC(=NC)N2CCC(OCCCOC)CC2)c1. The van der Waals surface area contributed by atoms with Crippen molar-refractivity contribution >= 4 is 5.96 Å². The molecule has 0 bridgehead atoms. The first kappa shape index (κ1) is 22.7. The van der Waals surface area contributed by atoms with Gasteiger partial charge in [-0.15, -0.1) is 0 Å². The standard InChI is InChI=1S/C22H38N4O2/c1-5-25(3)18-20-9-6-8-19(16-20)17-24-22(23-2)26-12-10-21(11-13-26)28-15-7-14-27-4/h6,8-9,16,21H,5,7,10-15,17-18H2,1-4H3,(H,23,24). The number of piperidine rings is 1. The maximum absolute atomic E-state index is 5.96. The first-order chi connectivity index (χ1) is 13.7. The monoisotopic (exact) mass is 390 g/mol. The van der Waals surface area contributed by atoms with Gasteiger partial charge in [-0.2, -0.15) is 0 Å². The van der Waals surface area contributed by atoms with Crippen LogP contribution in [0.1, 0.15) is 37.3 Å². The van der Waals surface area contributed by atoms with Crippen molar-refractivity contribution in [3.63, 3.8) is 0 Å². The first-order valence-corrected chi connectivity index (χ1v) is 10.5. The molecule has 6 nitrogen and oxygen atoms in total. The van der Waals surface area contributed by atoms with Crippen LogP contribution in [0.2, 0.25) is 0 Å². The summed E-state index contributed by atoms with van der Waals surface area (Å²) in [7, 11) is 5.75. The maximum atomic E-state index is 5.96. The molecule has 1 fully saturated rings. The molecular formula is C22H38N4O2. The average molecular weight is 391 g/mol. The molecule has 1 aromatic rings. The van der Waals surface area contributed by atoms with Gasteiger partial charge in [-0.05, 0) is 44.0 Å². The summed E-state index contributed by atoms with van der Waals surface area (Å²) in [5.41, 5.74) is 2.64. The van der Waals surface area contributed by atoms with Crippen molar-refractivity contribution < 1.29 is 9.47 Å². The first-order valence-electron chi connectivity index (χ1n) is 10.5. The van der Waals surface area contributed by atoms with Crippen LogP contribution in [0.3, 0.4) is 0 Å². The Morgan fingerprint density at radius 1 is 1.25 bits per heavy atom. The van der Waals surface area contributed by atoms with Crippen LogP contribution in [0.15, 0.2) is 29.3 Å². The van der Waals surface area contributed by atoms with Crippen molar-refractivity contribution in [1.82, 2.24) is 15.1 Å². The molecule has 0 aromatic heterocycles. The van der Waals surface area contributed by atoms with Gasteiger partial charge in [-0.3, -0.25) is 4.99 Å². The van der Waals surface area contributed by atoms with E-state index in [4.69, 9.17) is 9.47 Å². The zero-order chi connectivity index (χ0) is 20.2. The van der Waals surface area contributed by atoms with E-state index >= 15 is 0 Å². The summed E-state index contributed by atoms with van der Waals surface area (Å²) < 4.78 is 11.0. The van der Waals surface area contributed by atoms with Gasteiger partial charge >= 0.3 is 0 Å². The molecule has 0 amide bonds. The number of nitrogens with one attached hydrogen (secondary N) is 1. The van der Waals surface area contributed by atoms with E-state index < -0.39 is 0 Å². The molecule has 28 heavy (non-hydrogen) atoms. The number of ether oxygens (including phenoxy) is 2. The maximum Gasteiger partial charge on any atom is 0.193 e. The molecule has 6 heteroatoms. The third-order valence-electron chi connectivity index (χ3n) is 5.23. The van der Waals surface area contributed by atoms with Gasteiger partial charge in [0.1, 0.15) is 0 Å². The second-order valence-electron chi connectivity index (χ2n) is 7.45. The van der Waals surface area contributed by atoms with Gasteiger partial charge in [0.25, 0.3) is 0 Å². The van der Waals surface area contributed by atoms with Gasteiger partial charge in [0.2, 0.25) is 0 Å². The predicted molar refractivity (Wildman–Crippen MR) is 116 cm³/mol. The molecule has 1 aliphatic heterocycles. The Kier molecular flexibility index (Phi) is 10.3. The minimum absolute atomic E-state index is 0.360. The van der Waals surface area contributed by atoms with E-state index in [0.29, 0.717) is 6.10 Å². The zero-order valence-corrected chi connectivity index (χ0v) is 18.1. The minimum atomic E-state index is 0.360. The predicted octanol–water partition coefficient (Wildman–Crippen LogP) is 2.73. The lowest BCUT2D eigenvalue weighted by Gasteiger charge is -2.34. The zero-order valence-electron chi connectivity index (χ0n) is 18.1. The van der Waals surface area contributed by atoms with Gasteiger partial charge in [0.05, 0.1) is 6.10 Å². The molecule has 0 atom stereocenters. The summed E-state index contributed by atoms with van der Waals surface area (Å²) in [5, 5.41) is 3.53.